The topological polar surface area (TPSA) is 52.9 Å². The van der Waals surface area contributed by atoms with Crippen molar-refractivity contribution in [1.82, 2.24) is 5.01 Å². The van der Waals surface area contributed by atoms with Crippen molar-refractivity contribution in [3.05, 3.63) is 69.2 Å². The van der Waals surface area contributed by atoms with Gasteiger partial charge in [0.15, 0.2) is 0 Å². The third kappa shape index (κ3) is 3.24. The highest BCUT2D eigenvalue weighted by molar-refractivity contribution is 9.10. The summed E-state index contributed by atoms with van der Waals surface area (Å²) in [6.07, 6.45) is -5.99. The van der Waals surface area contributed by atoms with Crippen molar-refractivity contribution in [1.29, 1.82) is 0 Å². The second kappa shape index (κ2) is 6.68. The van der Waals surface area contributed by atoms with Crippen LogP contribution in [0.4, 0.5) is 13.2 Å². The SMILES string of the molecule is O=C(c1ccccc1Cl)N1N=C(c2ccc(Br)cc2)C[C@@]1(O)C(F)(F)F. The number of nitrogens with zero attached hydrogens (tertiary/aromatic N) is 2. The fraction of sp³-hybridized carbons (Fsp3) is 0.176. The molecule has 26 heavy (non-hydrogen) atoms. The van der Waals surface area contributed by atoms with E-state index in [1.807, 2.05) is 0 Å². The highest BCUT2D eigenvalue weighted by Crippen LogP contribution is 2.42. The molecule has 2 aromatic carbocycles. The fourth-order valence-electron chi connectivity index (χ4n) is 2.53. The van der Waals surface area contributed by atoms with Gasteiger partial charge in [-0.05, 0) is 29.8 Å². The summed E-state index contributed by atoms with van der Waals surface area (Å²) in [7, 11) is 0. The largest absolute Gasteiger partial charge is 0.438 e. The minimum atomic E-state index is -5.11. The molecule has 1 aliphatic rings. The second-order valence-corrected chi connectivity index (χ2v) is 6.96. The molecule has 0 radical (unpaired) electrons. The van der Waals surface area contributed by atoms with Gasteiger partial charge in [-0.2, -0.15) is 23.3 Å². The molecule has 1 amide bonds. The standard InChI is InChI=1S/C17H11BrClF3N2O2/c18-11-7-5-10(6-8-11)14-9-16(26,17(20,21)22)24(23-14)15(25)12-3-1-2-4-13(12)19/h1-8,26H,9H2/t16-/m1/s1. The Balaban J connectivity index is 2.07. The molecule has 0 fully saturated rings. The van der Waals surface area contributed by atoms with Crippen molar-refractivity contribution in [2.24, 2.45) is 5.10 Å². The fourth-order valence-corrected chi connectivity index (χ4v) is 3.01. The quantitative estimate of drug-likeness (QED) is 0.731. The maximum Gasteiger partial charge on any atom is 0.438 e. The van der Waals surface area contributed by atoms with Crippen LogP contribution < -0.4 is 0 Å². The van der Waals surface area contributed by atoms with Gasteiger partial charge in [0.25, 0.3) is 11.6 Å². The zero-order valence-corrected chi connectivity index (χ0v) is 15.3. The molecule has 1 atom stereocenters. The predicted octanol–water partition coefficient (Wildman–Crippen LogP) is 4.60. The zero-order valence-electron chi connectivity index (χ0n) is 13.0. The Hall–Kier alpha value is -1.90. The number of rotatable bonds is 2. The van der Waals surface area contributed by atoms with Gasteiger partial charge in [0.05, 0.1) is 22.7 Å². The molecule has 1 aliphatic heterocycles. The maximum absolute atomic E-state index is 13.6. The first-order valence-corrected chi connectivity index (χ1v) is 8.52. The van der Waals surface area contributed by atoms with Crippen LogP contribution in [0.3, 0.4) is 0 Å². The van der Waals surface area contributed by atoms with E-state index in [0.29, 0.717) is 5.56 Å². The van der Waals surface area contributed by atoms with Crippen molar-refractivity contribution in [3.63, 3.8) is 0 Å². The molecular formula is C17H11BrClF3N2O2. The van der Waals surface area contributed by atoms with Crippen LogP contribution in [0.5, 0.6) is 0 Å². The van der Waals surface area contributed by atoms with Gasteiger partial charge < -0.3 is 5.11 Å². The van der Waals surface area contributed by atoms with E-state index in [9.17, 15) is 23.1 Å². The van der Waals surface area contributed by atoms with E-state index in [4.69, 9.17) is 11.6 Å². The number of hydrazone groups is 1. The van der Waals surface area contributed by atoms with E-state index in [-0.39, 0.29) is 21.3 Å². The normalized spacial score (nSPS) is 20.2. The van der Waals surface area contributed by atoms with E-state index in [2.05, 4.69) is 21.0 Å². The summed E-state index contributed by atoms with van der Waals surface area (Å²) in [4.78, 5) is 12.6. The number of benzene rings is 2. The third-order valence-electron chi connectivity index (χ3n) is 3.91. The summed E-state index contributed by atoms with van der Waals surface area (Å²) in [5.41, 5.74) is -3.33. The lowest BCUT2D eigenvalue weighted by molar-refractivity contribution is -0.297. The van der Waals surface area contributed by atoms with Gasteiger partial charge in [0, 0.05) is 4.47 Å². The summed E-state index contributed by atoms with van der Waals surface area (Å²) < 4.78 is 41.4. The van der Waals surface area contributed by atoms with Gasteiger partial charge in [-0.1, -0.05) is 51.8 Å². The Bertz CT molecular complexity index is 886. The Labute approximate surface area is 160 Å². The third-order valence-corrected chi connectivity index (χ3v) is 4.77. The predicted molar refractivity (Wildman–Crippen MR) is 93.9 cm³/mol. The summed E-state index contributed by atoms with van der Waals surface area (Å²) in [5.74, 6) is -1.14. The molecule has 0 saturated heterocycles. The zero-order chi connectivity index (χ0) is 19.1. The van der Waals surface area contributed by atoms with E-state index in [0.717, 1.165) is 4.47 Å². The highest BCUT2D eigenvalue weighted by Gasteiger charge is 2.63. The first-order chi connectivity index (χ1) is 12.1. The number of aliphatic hydroxyl groups is 1. The Morgan fingerprint density at radius 1 is 1.19 bits per heavy atom. The van der Waals surface area contributed by atoms with Crippen LogP contribution >= 0.6 is 27.5 Å². The molecule has 136 valence electrons. The smallest absolute Gasteiger partial charge is 0.362 e. The molecule has 0 spiro atoms. The highest BCUT2D eigenvalue weighted by atomic mass is 79.9. The molecule has 3 rings (SSSR count). The summed E-state index contributed by atoms with van der Waals surface area (Å²) in [6.45, 7) is 0. The minimum Gasteiger partial charge on any atom is -0.362 e. The van der Waals surface area contributed by atoms with E-state index < -0.39 is 24.2 Å². The van der Waals surface area contributed by atoms with Crippen LogP contribution in [0.2, 0.25) is 5.02 Å². The van der Waals surface area contributed by atoms with E-state index in [1.165, 1.54) is 24.3 Å². The monoisotopic (exact) mass is 446 g/mol. The summed E-state index contributed by atoms with van der Waals surface area (Å²) in [5, 5.41) is 14.1. The summed E-state index contributed by atoms with van der Waals surface area (Å²) in [6, 6.07) is 12.0. The lowest BCUT2D eigenvalue weighted by Crippen LogP contribution is -2.56. The van der Waals surface area contributed by atoms with Crippen LogP contribution in [0.1, 0.15) is 22.3 Å². The van der Waals surface area contributed by atoms with Gasteiger partial charge in [-0.25, -0.2) is 0 Å². The number of hydrogen-bond donors (Lipinski definition) is 1. The molecular weight excluding hydrogens is 437 g/mol. The number of hydrogen-bond acceptors (Lipinski definition) is 3. The van der Waals surface area contributed by atoms with Crippen molar-refractivity contribution in [2.45, 2.75) is 18.3 Å². The van der Waals surface area contributed by atoms with E-state index >= 15 is 0 Å². The van der Waals surface area contributed by atoms with Crippen molar-refractivity contribution in [2.75, 3.05) is 0 Å². The van der Waals surface area contributed by atoms with Crippen LogP contribution in [-0.2, 0) is 0 Å². The number of halogens is 5. The molecule has 1 heterocycles. The average molecular weight is 448 g/mol. The van der Waals surface area contributed by atoms with Gasteiger partial charge >= 0.3 is 6.18 Å². The minimum absolute atomic E-state index is 0.0330. The first-order valence-electron chi connectivity index (χ1n) is 7.35. The van der Waals surface area contributed by atoms with Gasteiger partial charge in [0.2, 0.25) is 0 Å². The van der Waals surface area contributed by atoms with E-state index in [1.54, 1.807) is 24.3 Å². The molecule has 0 aromatic heterocycles. The van der Waals surface area contributed by atoms with Crippen LogP contribution in [0, 0.1) is 0 Å². The summed E-state index contributed by atoms with van der Waals surface area (Å²) >= 11 is 9.15. The first kappa shape index (κ1) is 18.9. The maximum atomic E-state index is 13.6. The number of alkyl halides is 3. The Morgan fingerprint density at radius 3 is 2.38 bits per heavy atom. The number of carbonyl (C=O) groups excluding carboxylic acids is 1. The lowest BCUT2D eigenvalue weighted by atomic mass is 10.0. The number of amides is 1. The van der Waals surface area contributed by atoms with Gasteiger partial charge in [-0.15, -0.1) is 0 Å². The molecule has 9 heteroatoms. The van der Waals surface area contributed by atoms with Crippen LogP contribution in [0.15, 0.2) is 58.1 Å². The molecule has 0 saturated carbocycles. The van der Waals surface area contributed by atoms with Crippen molar-refractivity contribution >= 4 is 39.1 Å². The Morgan fingerprint density at radius 2 is 1.81 bits per heavy atom. The van der Waals surface area contributed by atoms with Crippen molar-refractivity contribution < 1.29 is 23.1 Å². The lowest BCUT2D eigenvalue weighted by Gasteiger charge is -2.32. The second-order valence-electron chi connectivity index (χ2n) is 5.64. The van der Waals surface area contributed by atoms with Gasteiger partial charge in [-0.3, -0.25) is 4.79 Å². The molecule has 2 aromatic rings. The molecule has 1 N–H and O–H groups in total. The van der Waals surface area contributed by atoms with Crippen LogP contribution in [0.25, 0.3) is 0 Å². The van der Waals surface area contributed by atoms with Crippen molar-refractivity contribution in [3.8, 4) is 0 Å². The number of carbonyl (C=O) groups is 1. The average Bonchev–Trinajstić information content (AvgIpc) is 2.94. The Kier molecular flexibility index (Phi) is 4.85. The van der Waals surface area contributed by atoms with Gasteiger partial charge in [0.1, 0.15) is 0 Å². The molecule has 0 unspecified atom stereocenters. The molecule has 0 bridgehead atoms. The molecule has 4 nitrogen and oxygen atoms in total. The van der Waals surface area contributed by atoms with Crippen LogP contribution in [-0.4, -0.2) is 33.6 Å². The molecule has 0 aliphatic carbocycles.